The fourth-order valence-electron chi connectivity index (χ4n) is 1.81. The SMILES string of the molecule is CC[C@@H](C(=O)Nc1cn[nH]c1)c1ccccc1. The molecule has 0 spiro atoms. The van der Waals surface area contributed by atoms with Gasteiger partial charge in [-0.15, -0.1) is 0 Å². The minimum atomic E-state index is -0.119. The zero-order chi connectivity index (χ0) is 12.1. The largest absolute Gasteiger partial charge is 0.323 e. The van der Waals surface area contributed by atoms with Crippen molar-refractivity contribution in [1.82, 2.24) is 10.2 Å². The van der Waals surface area contributed by atoms with E-state index in [9.17, 15) is 4.79 Å². The number of H-pyrrole nitrogens is 1. The number of nitrogens with zero attached hydrogens (tertiary/aromatic N) is 1. The van der Waals surface area contributed by atoms with Gasteiger partial charge in [-0.2, -0.15) is 5.10 Å². The van der Waals surface area contributed by atoms with Crippen molar-refractivity contribution in [3.8, 4) is 0 Å². The summed E-state index contributed by atoms with van der Waals surface area (Å²) in [7, 11) is 0. The number of rotatable bonds is 4. The minimum Gasteiger partial charge on any atom is -0.323 e. The Balaban J connectivity index is 2.11. The van der Waals surface area contributed by atoms with Gasteiger partial charge in [0.1, 0.15) is 0 Å². The second kappa shape index (κ2) is 5.30. The molecule has 88 valence electrons. The molecule has 0 aliphatic rings. The summed E-state index contributed by atoms with van der Waals surface area (Å²) >= 11 is 0. The molecular weight excluding hydrogens is 214 g/mol. The Labute approximate surface area is 100 Å². The summed E-state index contributed by atoms with van der Waals surface area (Å²) in [6.45, 7) is 2.01. The molecular formula is C13H15N3O. The number of nitrogens with one attached hydrogen (secondary N) is 2. The molecule has 0 radical (unpaired) electrons. The summed E-state index contributed by atoms with van der Waals surface area (Å²) in [5.41, 5.74) is 1.74. The van der Waals surface area contributed by atoms with Crippen LogP contribution in [0.4, 0.5) is 5.69 Å². The van der Waals surface area contributed by atoms with Crippen LogP contribution in [-0.2, 0) is 4.79 Å². The van der Waals surface area contributed by atoms with E-state index >= 15 is 0 Å². The third-order valence-electron chi connectivity index (χ3n) is 2.69. The van der Waals surface area contributed by atoms with Gasteiger partial charge in [0.25, 0.3) is 0 Å². The lowest BCUT2D eigenvalue weighted by atomic mass is 9.96. The molecule has 0 saturated carbocycles. The fourth-order valence-corrected chi connectivity index (χ4v) is 1.81. The van der Waals surface area contributed by atoms with E-state index in [0.29, 0.717) is 5.69 Å². The Morgan fingerprint density at radius 3 is 2.76 bits per heavy atom. The van der Waals surface area contributed by atoms with Gasteiger partial charge in [-0.25, -0.2) is 0 Å². The van der Waals surface area contributed by atoms with E-state index in [1.54, 1.807) is 12.4 Å². The van der Waals surface area contributed by atoms with Crippen LogP contribution in [0.1, 0.15) is 24.8 Å². The number of amides is 1. The Morgan fingerprint density at radius 1 is 1.41 bits per heavy atom. The number of benzene rings is 1. The van der Waals surface area contributed by atoms with Gasteiger partial charge >= 0.3 is 0 Å². The summed E-state index contributed by atoms with van der Waals surface area (Å²) in [6, 6.07) is 9.79. The molecule has 2 rings (SSSR count). The van der Waals surface area contributed by atoms with Crippen LogP contribution in [0.2, 0.25) is 0 Å². The van der Waals surface area contributed by atoms with Gasteiger partial charge in [0.15, 0.2) is 0 Å². The first-order chi connectivity index (χ1) is 8.31. The Bertz CT molecular complexity index is 465. The molecule has 2 aromatic rings. The van der Waals surface area contributed by atoms with Crippen molar-refractivity contribution in [2.75, 3.05) is 5.32 Å². The van der Waals surface area contributed by atoms with Crippen molar-refractivity contribution in [3.05, 3.63) is 48.3 Å². The number of aromatic nitrogens is 2. The highest BCUT2D eigenvalue weighted by Gasteiger charge is 2.18. The van der Waals surface area contributed by atoms with Gasteiger partial charge in [0.05, 0.1) is 17.8 Å². The van der Waals surface area contributed by atoms with Crippen LogP contribution in [0.5, 0.6) is 0 Å². The number of hydrogen-bond donors (Lipinski definition) is 2. The van der Waals surface area contributed by atoms with Crippen LogP contribution in [-0.4, -0.2) is 16.1 Å². The average molecular weight is 229 g/mol. The van der Waals surface area contributed by atoms with E-state index in [4.69, 9.17) is 0 Å². The highest BCUT2D eigenvalue weighted by Crippen LogP contribution is 2.20. The molecule has 2 N–H and O–H groups in total. The molecule has 1 atom stereocenters. The summed E-state index contributed by atoms with van der Waals surface area (Å²) in [5.74, 6) is -0.119. The summed E-state index contributed by atoms with van der Waals surface area (Å²) < 4.78 is 0. The third kappa shape index (κ3) is 2.72. The molecule has 0 aliphatic heterocycles. The van der Waals surface area contributed by atoms with Gasteiger partial charge < -0.3 is 5.32 Å². The summed E-state index contributed by atoms with van der Waals surface area (Å²) in [4.78, 5) is 12.1. The Morgan fingerprint density at radius 2 is 2.18 bits per heavy atom. The Hall–Kier alpha value is -2.10. The number of aromatic amines is 1. The molecule has 1 aromatic carbocycles. The average Bonchev–Trinajstić information content (AvgIpc) is 2.84. The number of anilines is 1. The maximum atomic E-state index is 12.1. The lowest BCUT2D eigenvalue weighted by Gasteiger charge is -2.14. The van der Waals surface area contributed by atoms with Crippen molar-refractivity contribution in [1.29, 1.82) is 0 Å². The van der Waals surface area contributed by atoms with E-state index in [2.05, 4.69) is 15.5 Å². The zero-order valence-corrected chi connectivity index (χ0v) is 9.68. The van der Waals surface area contributed by atoms with Crippen LogP contribution < -0.4 is 5.32 Å². The van der Waals surface area contributed by atoms with Crippen LogP contribution in [0.25, 0.3) is 0 Å². The topological polar surface area (TPSA) is 57.8 Å². The molecule has 4 nitrogen and oxygen atoms in total. The zero-order valence-electron chi connectivity index (χ0n) is 9.68. The molecule has 0 bridgehead atoms. The van der Waals surface area contributed by atoms with E-state index in [1.165, 1.54) is 0 Å². The number of carbonyl (C=O) groups is 1. The van der Waals surface area contributed by atoms with E-state index in [1.807, 2.05) is 37.3 Å². The predicted octanol–water partition coefficient (Wildman–Crippen LogP) is 2.54. The summed E-state index contributed by atoms with van der Waals surface area (Å²) in [6.07, 6.45) is 4.03. The number of hydrogen-bond acceptors (Lipinski definition) is 2. The van der Waals surface area contributed by atoms with Crippen molar-refractivity contribution in [2.45, 2.75) is 19.3 Å². The van der Waals surface area contributed by atoms with Crippen LogP contribution >= 0.6 is 0 Å². The van der Waals surface area contributed by atoms with Gasteiger partial charge in [-0.1, -0.05) is 37.3 Å². The lowest BCUT2D eigenvalue weighted by Crippen LogP contribution is -2.20. The molecule has 0 aliphatic carbocycles. The van der Waals surface area contributed by atoms with Crippen LogP contribution in [0, 0.1) is 0 Å². The number of carbonyl (C=O) groups excluding carboxylic acids is 1. The fraction of sp³-hybridized carbons (Fsp3) is 0.231. The minimum absolute atomic E-state index is 0.0000926. The third-order valence-corrected chi connectivity index (χ3v) is 2.69. The predicted molar refractivity (Wildman–Crippen MR) is 66.7 cm³/mol. The first-order valence-corrected chi connectivity index (χ1v) is 5.66. The maximum Gasteiger partial charge on any atom is 0.231 e. The molecule has 17 heavy (non-hydrogen) atoms. The second-order valence-corrected chi connectivity index (χ2v) is 3.85. The van der Waals surface area contributed by atoms with Gasteiger partial charge in [-0.3, -0.25) is 9.89 Å². The standard InChI is InChI=1S/C13H15N3O/c1-2-12(10-6-4-3-5-7-10)13(17)16-11-8-14-15-9-11/h3-9,12H,2H2,1H3,(H,14,15)(H,16,17)/t12-/m1/s1. The van der Waals surface area contributed by atoms with Crippen LogP contribution in [0.3, 0.4) is 0 Å². The van der Waals surface area contributed by atoms with Crippen molar-refractivity contribution < 1.29 is 4.79 Å². The molecule has 1 aromatic heterocycles. The first kappa shape index (κ1) is 11.4. The van der Waals surface area contributed by atoms with Gasteiger partial charge in [-0.05, 0) is 12.0 Å². The smallest absolute Gasteiger partial charge is 0.231 e. The second-order valence-electron chi connectivity index (χ2n) is 3.85. The van der Waals surface area contributed by atoms with Crippen molar-refractivity contribution in [3.63, 3.8) is 0 Å². The highest BCUT2D eigenvalue weighted by atomic mass is 16.1. The monoisotopic (exact) mass is 229 g/mol. The van der Waals surface area contributed by atoms with Crippen molar-refractivity contribution >= 4 is 11.6 Å². The molecule has 0 fully saturated rings. The molecule has 4 heteroatoms. The van der Waals surface area contributed by atoms with Gasteiger partial charge in [0, 0.05) is 6.20 Å². The summed E-state index contributed by atoms with van der Waals surface area (Å²) in [5, 5.41) is 9.30. The quantitative estimate of drug-likeness (QED) is 0.846. The molecule has 1 heterocycles. The van der Waals surface area contributed by atoms with Crippen LogP contribution in [0.15, 0.2) is 42.7 Å². The molecule has 1 amide bonds. The highest BCUT2D eigenvalue weighted by molar-refractivity contribution is 5.95. The van der Waals surface area contributed by atoms with Gasteiger partial charge in [0.2, 0.25) is 5.91 Å². The Kier molecular flexibility index (Phi) is 3.55. The first-order valence-electron chi connectivity index (χ1n) is 5.66. The maximum absolute atomic E-state index is 12.1. The molecule has 0 saturated heterocycles. The van der Waals surface area contributed by atoms with E-state index < -0.39 is 0 Å². The van der Waals surface area contributed by atoms with E-state index in [-0.39, 0.29) is 11.8 Å². The normalized spacial score (nSPS) is 12.1. The lowest BCUT2D eigenvalue weighted by molar-refractivity contribution is -0.117. The van der Waals surface area contributed by atoms with Crippen molar-refractivity contribution in [2.24, 2.45) is 0 Å². The molecule has 0 unspecified atom stereocenters. The van der Waals surface area contributed by atoms with E-state index in [0.717, 1.165) is 12.0 Å².